The third-order valence-corrected chi connectivity index (χ3v) is 3.53. The van der Waals surface area contributed by atoms with E-state index in [2.05, 4.69) is 21.2 Å². The molecule has 2 aromatic carbocycles. The van der Waals surface area contributed by atoms with Crippen molar-refractivity contribution in [3.05, 3.63) is 64.1 Å². The largest absolute Gasteiger partial charge is 0.491 e. The van der Waals surface area contributed by atoms with Crippen molar-refractivity contribution < 1.29 is 9.53 Å². The first kappa shape index (κ1) is 15.6. The highest BCUT2D eigenvalue weighted by Gasteiger charge is 2.10. The van der Waals surface area contributed by atoms with Crippen molar-refractivity contribution in [2.24, 2.45) is 0 Å². The van der Waals surface area contributed by atoms with E-state index in [0.29, 0.717) is 12.2 Å². The molecule has 1 amide bonds. The fourth-order valence-electron chi connectivity index (χ4n) is 1.81. The number of carbonyl (C=O) groups excluding carboxylic acids is 1. The highest BCUT2D eigenvalue weighted by Crippen LogP contribution is 2.12. The van der Waals surface area contributed by atoms with E-state index in [4.69, 9.17) is 4.74 Å². The number of benzene rings is 2. The summed E-state index contributed by atoms with van der Waals surface area (Å²) in [7, 11) is 0. The third kappa shape index (κ3) is 4.90. The molecule has 1 atom stereocenters. The van der Waals surface area contributed by atoms with Gasteiger partial charge in [-0.1, -0.05) is 33.6 Å². The van der Waals surface area contributed by atoms with Gasteiger partial charge in [0.25, 0.3) is 5.91 Å². The van der Waals surface area contributed by atoms with Gasteiger partial charge in [0.05, 0.1) is 6.04 Å². The number of amides is 1. The second kappa shape index (κ2) is 7.27. The van der Waals surface area contributed by atoms with Crippen LogP contribution in [0.15, 0.2) is 53.0 Å². The summed E-state index contributed by atoms with van der Waals surface area (Å²) in [5.41, 5.74) is 1.83. The average Bonchev–Trinajstić information content (AvgIpc) is 2.47. The Hall–Kier alpha value is -1.81. The zero-order valence-electron chi connectivity index (χ0n) is 12.1. The standard InChI is InChI=1S/C17H18BrNO2/c1-12-3-9-16(10-4-12)21-11-13(2)19-17(20)14-5-7-15(18)8-6-14/h3-10,13H,11H2,1-2H3,(H,19,20). The molecule has 0 aliphatic rings. The molecule has 0 fully saturated rings. The number of halogens is 1. The maximum atomic E-state index is 12.0. The molecule has 0 heterocycles. The average molecular weight is 348 g/mol. The van der Waals surface area contributed by atoms with Gasteiger partial charge < -0.3 is 10.1 Å². The van der Waals surface area contributed by atoms with Gasteiger partial charge in [-0.15, -0.1) is 0 Å². The number of aryl methyl sites for hydroxylation is 1. The maximum Gasteiger partial charge on any atom is 0.251 e. The van der Waals surface area contributed by atoms with Crippen LogP contribution in [-0.4, -0.2) is 18.6 Å². The van der Waals surface area contributed by atoms with Crippen LogP contribution in [0.25, 0.3) is 0 Å². The van der Waals surface area contributed by atoms with Crippen LogP contribution >= 0.6 is 15.9 Å². The van der Waals surface area contributed by atoms with Crippen molar-refractivity contribution >= 4 is 21.8 Å². The first-order valence-electron chi connectivity index (χ1n) is 6.80. The minimum atomic E-state index is -0.0949. The summed E-state index contributed by atoms with van der Waals surface area (Å²) < 4.78 is 6.61. The highest BCUT2D eigenvalue weighted by atomic mass is 79.9. The lowest BCUT2D eigenvalue weighted by Crippen LogP contribution is -2.36. The van der Waals surface area contributed by atoms with Crippen molar-refractivity contribution in [2.75, 3.05) is 6.61 Å². The summed E-state index contributed by atoms with van der Waals surface area (Å²) in [6.07, 6.45) is 0. The summed E-state index contributed by atoms with van der Waals surface area (Å²) in [6, 6.07) is 15.1. The Balaban J connectivity index is 1.83. The van der Waals surface area contributed by atoms with Crippen LogP contribution in [0.5, 0.6) is 5.75 Å². The summed E-state index contributed by atoms with van der Waals surface area (Å²) in [6.45, 7) is 4.39. The molecule has 0 radical (unpaired) electrons. The molecule has 0 bridgehead atoms. The van der Waals surface area contributed by atoms with Crippen molar-refractivity contribution in [1.29, 1.82) is 0 Å². The SMILES string of the molecule is Cc1ccc(OCC(C)NC(=O)c2ccc(Br)cc2)cc1. The molecule has 0 spiro atoms. The lowest BCUT2D eigenvalue weighted by atomic mass is 10.2. The molecule has 1 unspecified atom stereocenters. The van der Waals surface area contributed by atoms with Crippen LogP contribution in [0, 0.1) is 6.92 Å². The minimum absolute atomic E-state index is 0.0672. The van der Waals surface area contributed by atoms with Gasteiger partial charge in [-0.25, -0.2) is 0 Å². The molecule has 0 aliphatic heterocycles. The first-order valence-corrected chi connectivity index (χ1v) is 7.60. The van der Waals surface area contributed by atoms with Gasteiger partial charge in [0.2, 0.25) is 0 Å². The van der Waals surface area contributed by atoms with Gasteiger partial charge in [0.15, 0.2) is 0 Å². The van der Waals surface area contributed by atoms with Crippen molar-refractivity contribution in [2.45, 2.75) is 19.9 Å². The molecule has 0 aromatic heterocycles. The summed E-state index contributed by atoms with van der Waals surface area (Å²) >= 11 is 3.35. The molecule has 3 nitrogen and oxygen atoms in total. The molecule has 0 saturated heterocycles. The van der Waals surface area contributed by atoms with E-state index in [1.807, 2.05) is 50.2 Å². The minimum Gasteiger partial charge on any atom is -0.491 e. The van der Waals surface area contributed by atoms with Crippen LogP contribution in [0.2, 0.25) is 0 Å². The molecule has 0 saturated carbocycles. The number of hydrogen-bond acceptors (Lipinski definition) is 2. The van der Waals surface area contributed by atoms with Crippen molar-refractivity contribution in [3.63, 3.8) is 0 Å². The maximum absolute atomic E-state index is 12.0. The summed E-state index contributed by atoms with van der Waals surface area (Å²) in [5.74, 6) is 0.716. The highest BCUT2D eigenvalue weighted by molar-refractivity contribution is 9.10. The molecule has 2 aromatic rings. The number of hydrogen-bond donors (Lipinski definition) is 1. The molecular weight excluding hydrogens is 330 g/mol. The lowest BCUT2D eigenvalue weighted by molar-refractivity contribution is 0.0926. The second-order valence-electron chi connectivity index (χ2n) is 5.01. The zero-order valence-corrected chi connectivity index (χ0v) is 13.7. The Morgan fingerprint density at radius 3 is 2.38 bits per heavy atom. The monoisotopic (exact) mass is 347 g/mol. The Kier molecular flexibility index (Phi) is 5.39. The van der Waals surface area contributed by atoms with Gasteiger partial charge in [0, 0.05) is 10.0 Å². The normalized spacial score (nSPS) is 11.8. The number of ether oxygens (including phenoxy) is 1. The third-order valence-electron chi connectivity index (χ3n) is 3.00. The van der Waals surface area contributed by atoms with E-state index in [1.165, 1.54) is 5.56 Å². The number of rotatable bonds is 5. The Morgan fingerprint density at radius 1 is 1.14 bits per heavy atom. The van der Waals surface area contributed by atoms with Crippen molar-refractivity contribution in [1.82, 2.24) is 5.32 Å². The molecule has 21 heavy (non-hydrogen) atoms. The van der Waals surface area contributed by atoms with E-state index in [0.717, 1.165) is 10.2 Å². The van der Waals surface area contributed by atoms with Gasteiger partial charge in [-0.2, -0.15) is 0 Å². The quantitative estimate of drug-likeness (QED) is 0.888. The van der Waals surface area contributed by atoms with Crippen LogP contribution in [0.1, 0.15) is 22.8 Å². The van der Waals surface area contributed by atoms with E-state index < -0.39 is 0 Å². The first-order chi connectivity index (χ1) is 10.0. The van der Waals surface area contributed by atoms with Crippen LogP contribution in [0.4, 0.5) is 0 Å². The molecular formula is C17H18BrNO2. The van der Waals surface area contributed by atoms with Crippen LogP contribution < -0.4 is 10.1 Å². The van der Waals surface area contributed by atoms with Gasteiger partial charge in [-0.3, -0.25) is 4.79 Å². The Labute approximate surface area is 133 Å². The number of nitrogens with one attached hydrogen (secondary N) is 1. The molecule has 0 aliphatic carbocycles. The molecule has 1 N–H and O–H groups in total. The summed E-state index contributed by atoms with van der Waals surface area (Å²) in [4.78, 5) is 12.0. The molecule has 4 heteroatoms. The van der Waals surface area contributed by atoms with Gasteiger partial charge in [-0.05, 0) is 50.2 Å². The zero-order chi connectivity index (χ0) is 15.2. The van der Waals surface area contributed by atoms with Crippen molar-refractivity contribution in [3.8, 4) is 5.75 Å². The predicted octanol–water partition coefficient (Wildman–Crippen LogP) is 3.95. The molecule has 2 rings (SSSR count). The topological polar surface area (TPSA) is 38.3 Å². The fourth-order valence-corrected chi connectivity index (χ4v) is 2.07. The summed E-state index contributed by atoms with van der Waals surface area (Å²) in [5, 5.41) is 2.92. The smallest absolute Gasteiger partial charge is 0.251 e. The lowest BCUT2D eigenvalue weighted by Gasteiger charge is -2.15. The van der Waals surface area contributed by atoms with E-state index in [-0.39, 0.29) is 11.9 Å². The number of carbonyl (C=O) groups is 1. The Bertz CT molecular complexity index is 593. The Morgan fingerprint density at radius 2 is 1.76 bits per heavy atom. The molecule has 110 valence electrons. The van der Waals surface area contributed by atoms with E-state index in [1.54, 1.807) is 12.1 Å². The second-order valence-corrected chi connectivity index (χ2v) is 5.92. The van der Waals surface area contributed by atoms with Gasteiger partial charge >= 0.3 is 0 Å². The van der Waals surface area contributed by atoms with Crippen LogP contribution in [-0.2, 0) is 0 Å². The van der Waals surface area contributed by atoms with E-state index >= 15 is 0 Å². The van der Waals surface area contributed by atoms with Gasteiger partial charge in [0.1, 0.15) is 12.4 Å². The fraction of sp³-hybridized carbons (Fsp3) is 0.235. The van der Waals surface area contributed by atoms with E-state index in [9.17, 15) is 4.79 Å². The van der Waals surface area contributed by atoms with Crippen LogP contribution in [0.3, 0.4) is 0 Å². The predicted molar refractivity (Wildman–Crippen MR) is 87.7 cm³/mol.